The highest BCUT2D eigenvalue weighted by Gasteiger charge is 2.10. The fourth-order valence-corrected chi connectivity index (χ4v) is 2.98. The van der Waals surface area contributed by atoms with Gasteiger partial charge in [-0.1, -0.05) is 11.3 Å². The highest BCUT2D eigenvalue weighted by atomic mass is 16.1. The summed E-state index contributed by atoms with van der Waals surface area (Å²) in [6, 6.07) is 14.9. The average Bonchev–Trinajstić information content (AvgIpc) is 3.32. The molecule has 26 heavy (non-hydrogen) atoms. The molecule has 8 nitrogen and oxygen atoms in total. The first-order valence-corrected chi connectivity index (χ1v) is 8.08. The van der Waals surface area contributed by atoms with E-state index in [1.165, 1.54) is 6.07 Å². The Labute approximate surface area is 146 Å². The standard InChI is InChI=1S/C18H13N7O/c26-17-6-2-12-9-11(1-3-13(12)20-17)10-25-18-16(23-24-25)5-4-14(21-18)15-7-8-19-22-15/h1-9H,10H2,(H,19,22)(H,20,26). The van der Waals surface area contributed by atoms with Gasteiger partial charge in [0.05, 0.1) is 17.9 Å². The number of hydrogen-bond donors (Lipinski definition) is 2. The lowest BCUT2D eigenvalue weighted by Gasteiger charge is -2.05. The van der Waals surface area contributed by atoms with Gasteiger partial charge in [0.1, 0.15) is 5.52 Å². The number of aromatic nitrogens is 7. The zero-order valence-electron chi connectivity index (χ0n) is 13.5. The smallest absolute Gasteiger partial charge is 0.248 e. The minimum Gasteiger partial charge on any atom is -0.322 e. The van der Waals surface area contributed by atoms with Gasteiger partial charge < -0.3 is 4.98 Å². The van der Waals surface area contributed by atoms with Crippen molar-refractivity contribution in [3.05, 3.63) is 70.6 Å². The molecular formula is C18H13N7O. The molecule has 4 heterocycles. The van der Waals surface area contributed by atoms with E-state index in [0.717, 1.165) is 33.4 Å². The summed E-state index contributed by atoms with van der Waals surface area (Å²) < 4.78 is 1.77. The van der Waals surface area contributed by atoms with Gasteiger partial charge in [-0.25, -0.2) is 9.67 Å². The molecule has 0 bridgehead atoms. The van der Waals surface area contributed by atoms with Gasteiger partial charge in [0, 0.05) is 17.8 Å². The minimum atomic E-state index is -0.108. The van der Waals surface area contributed by atoms with Crippen molar-refractivity contribution >= 4 is 22.1 Å². The molecule has 8 heteroatoms. The van der Waals surface area contributed by atoms with Crippen LogP contribution in [0.15, 0.2) is 59.5 Å². The molecule has 0 spiro atoms. The van der Waals surface area contributed by atoms with Crippen molar-refractivity contribution in [3.8, 4) is 11.4 Å². The number of pyridine rings is 2. The number of fused-ring (bicyclic) bond motifs is 2. The zero-order chi connectivity index (χ0) is 17.5. The predicted molar refractivity (Wildman–Crippen MR) is 96.6 cm³/mol. The summed E-state index contributed by atoms with van der Waals surface area (Å²) in [6.07, 6.45) is 1.69. The molecule has 0 radical (unpaired) electrons. The Balaban J connectivity index is 1.55. The lowest BCUT2D eigenvalue weighted by atomic mass is 10.1. The fourth-order valence-electron chi connectivity index (χ4n) is 2.98. The molecule has 0 fully saturated rings. The quantitative estimate of drug-likeness (QED) is 0.522. The Bertz CT molecular complexity index is 1280. The van der Waals surface area contributed by atoms with Crippen LogP contribution < -0.4 is 5.56 Å². The Morgan fingerprint density at radius 1 is 1.04 bits per heavy atom. The fraction of sp³-hybridized carbons (Fsp3) is 0.0556. The molecule has 126 valence electrons. The van der Waals surface area contributed by atoms with Crippen LogP contribution in [0.1, 0.15) is 5.56 Å². The number of hydrogen-bond acceptors (Lipinski definition) is 5. The predicted octanol–water partition coefficient (Wildman–Crippen LogP) is 2.11. The number of benzene rings is 1. The first-order valence-electron chi connectivity index (χ1n) is 8.08. The maximum Gasteiger partial charge on any atom is 0.248 e. The van der Waals surface area contributed by atoms with E-state index in [9.17, 15) is 4.79 Å². The Hall–Kier alpha value is -3.81. The van der Waals surface area contributed by atoms with Crippen LogP contribution in [0.5, 0.6) is 0 Å². The highest BCUT2D eigenvalue weighted by Crippen LogP contribution is 2.19. The van der Waals surface area contributed by atoms with Gasteiger partial charge in [-0.15, -0.1) is 5.10 Å². The lowest BCUT2D eigenvalue weighted by Crippen LogP contribution is -2.05. The van der Waals surface area contributed by atoms with Crippen LogP contribution in [0.4, 0.5) is 0 Å². The first kappa shape index (κ1) is 14.5. The Morgan fingerprint density at radius 3 is 2.88 bits per heavy atom. The van der Waals surface area contributed by atoms with Gasteiger partial charge >= 0.3 is 0 Å². The van der Waals surface area contributed by atoms with E-state index in [1.54, 1.807) is 10.9 Å². The van der Waals surface area contributed by atoms with Crippen molar-refractivity contribution < 1.29 is 0 Å². The second-order valence-electron chi connectivity index (χ2n) is 6.00. The molecule has 2 N–H and O–H groups in total. The summed E-state index contributed by atoms with van der Waals surface area (Å²) in [5.41, 5.74) is 4.82. The van der Waals surface area contributed by atoms with E-state index in [0.29, 0.717) is 12.2 Å². The summed E-state index contributed by atoms with van der Waals surface area (Å²) in [7, 11) is 0. The maximum atomic E-state index is 11.4. The lowest BCUT2D eigenvalue weighted by molar-refractivity contribution is 0.664. The van der Waals surface area contributed by atoms with Crippen molar-refractivity contribution in [3.63, 3.8) is 0 Å². The average molecular weight is 343 g/mol. The number of nitrogens with zero attached hydrogens (tertiary/aromatic N) is 5. The van der Waals surface area contributed by atoms with Gasteiger partial charge in [0.15, 0.2) is 5.65 Å². The van der Waals surface area contributed by atoms with Crippen LogP contribution in [-0.4, -0.2) is 35.2 Å². The van der Waals surface area contributed by atoms with Crippen LogP contribution in [0.3, 0.4) is 0 Å². The third-order valence-electron chi connectivity index (χ3n) is 4.26. The van der Waals surface area contributed by atoms with Gasteiger partial charge in [-0.2, -0.15) is 5.10 Å². The number of aromatic amines is 2. The molecule has 5 rings (SSSR count). The molecule has 0 saturated heterocycles. The van der Waals surface area contributed by atoms with Crippen molar-refractivity contribution in [1.29, 1.82) is 0 Å². The van der Waals surface area contributed by atoms with E-state index in [4.69, 9.17) is 0 Å². The monoisotopic (exact) mass is 343 g/mol. The third-order valence-corrected chi connectivity index (χ3v) is 4.26. The van der Waals surface area contributed by atoms with Crippen molar-refractivity contribution in [1.82, 2.24) is 35.2 Å². The molecule has 5 aromatic rings. The summed E-state index contributed by atoms with van der Waals surface area (Å²) >= 11 is 0. The van der Waals surface area contributed by atoms with Gasteiger partial charge in [0.2, 0.25) is 5.56 Å². The third kappa shape index (κ3) is 2.44. The van der Waals surface area contributed by atoms with Crippen LogP contribution >= 0.6 is 0 Å². The van der Waals surface area contributed by atoms with E-state index in [1.807, 2.05) is 42.5 Å². The second-order valence-corrected chi connectivity index (χ2v) is 6.00. The molecule has 0 unspecified atom stereocenters. The van der Waals surface area contributed by atoms with Crippen LogP contribution in [-0.2, 0) is 6.54 Å². The molecular weight excluding hydrogens is 330 g/mol. The normalized spacial score (nSPS) is 11.4. The van der Waals surface area contributed by atoms with E-state index in [2.05, 4.69) is 30.5 Å². The molecule has 0 aliphatic carbocycles. The molecule has 0 saturated carbocycles. The van der Waals surface area contributed by atoms with Crippen LogP contribution in [0.2, 0.25) is 0 Å². The van der Waals surface area contributed by atoms with Crippen molar-refractivity contribution in [2.24, 2.45) is 0 Å². The number of nitrogens with one attached hydrogen (secondary N) is 2. The highest BCUT2D eigenvalue weighted by molar-refractivity contribution is 5.79. The first-order chi connectivity index (χ1) is 12.8. The second kappa shape index (κ2) is 5.62. The molecule has 0 aliphatic rings. The molecule has 0 atom stereocenters. The molecule has 4 aromatic heterocycles. The SMILES string of the molecule is O=c1ccc2cc(Cn3nnc4ccc(-c5ccn[nH]5)nc43)ccc2[nH]1. The molecule has 0 amide bonds. The van der Waals surface area contributed by atoms with Crippen LogP contribution in [0, 0.1) is 0 Å². The van der Waals surface area contributed by atoms with Gasteiger partial charge in [-0.3, -0.25) is 9.89 Å². The topological polar surface area (TPSA) is 105 Å². The largest absolute Gasteiger partial charge is 0.322 e. The number of H-pyrrole nitrogens is 2. The summed E-state index contributed by atoms with van der Waals surface area (Å²) in [5.74, 6) is 0. The Morgan fingerprint density at radius 2 is 2.00 bits per heavy atom. The van der Waals surface area contributed by atoms with Crippen LogP contribution in [0.25, 0.3) is 33.5 Å². The van der Waals surface area contributed by atoms with E-state index in [-0.39, 0.29) is 5.56 Å². The van der Waals surface area contributed by atoms with E-state index >= 15 is 0 Å². The zero-order valence-corrected chi connectivity index (χ0v) is 13.5. The summed E-state index contributed by atoms with van der Waals surface area (Å²) in [4.78, 5) is 18.9. The molecule has 0 aliphatic heterocycles. The van der Waals surface area contributed by atoms with Gasteiger partial charge in [0.25, 0.3) is 0 Å². The van der Waals surface area contributed by atoms with E-state index < -0.39 is 0 Å². The summed E-state index contributed by atoms with van der Waals surface area (Å²) in [5, 5.41) is 16.3. The van der Waals surface area contributed by atoms with Crippen molar-refractivity contribution in [2.45, 2.75) is 6.54 Å². The minimum absolute atomic E-state index is 0.108. The summed E-state index contributed by atoms with van der Waals surface area (Å²) in [6.45, 7) is 0.533. The molecule has 1 aromatic carbocycles. The number of rotatable bonds is 3. The van der Waals surface area contributed by atoms with Gasteiger partial charge in [-0.05, 0) is 47.3 Å². The maximum absolute atomic E-state index is 11.4. The van der Waals surface area contributed by atoms with Crippen molar-refractivity contribution in [2.75, 3.05) is 0 Å². The Kier molecular flexibility index (Phi) is 3.14.